The molecular formula is C31H31N5O3S. The predicted molar refractivity (Wildman–Crippen MR) is 159 cm³/mol. The van der Waals surface area contributed by atoms with Crippen LogP contribution >= 0.6 is 11.9 Å². The summed E-state index contributed by atoms with van der Waals surface area (Å²) in [7, 11) is 0. The number of nitriles is 1. The van der Waals surface area contributed by atoms with Gasteiger partial charge < -0.3 is 19.9 Å². The molecule has 2 aromatic carbocycles. The quantitative estimate of drug-likeness (QED) is 0.279. The summed E-state index contributed by atoms with van der Waals surface area (Å²) >= 11 is 1.58. The van der Waals surface area contributed by atoms with Crippen LogP contribution < -0.4 is 10.5 Å². The second-order valence-electron chi connectivity index (χ2n) is 9.06. The average molecular weight is 554 g/mol. The van der Waals surface area contributed by atoms with Crippen LogP contribution in [0.2, 0.25) is 0 Å². The van der Waals surface area contributed by atoms with E-state index in [1.165, 1.54) is 0 Å². The van der Waals surface area contributed by atoms with Crippen molar-refractivity contribution < 1.29 is 14.2 Å². The Morgan fingerprint density at radius 2 is 1.90 bits per heavy atom. The van der Waals surface area contributed by atoms with Crippen molar-refractivity contribution in [2.45, 2.75) is 30.9 Å². The molecule has 0 aliphatic carbocycles. The van der Waals surface area contributed by atoms with E-state index in [0.717, 1.165) is 38.2 Å². The van der Waals surface area contributed by atoms with Crippen molar-refractivity contribution in [2.24, 2.45) is 10.7 Å². The number of ether oxygens (including phenoxy) is 3. The SMILES string of the molecule is CC.N#Cc1cc(-c2cn(Sc3ccccc3)c3ncc(/C(C=NC4COC4)=C/N)cc23)ccc1OC1COC1. The first-order chi connectivity index (χ1) is 19.7. The normalized spacial score (nSPS) is 15.7. The van der Waals surface area contributed by atoms with Gasteiger partial charge in [-0.05, 0) is 47.8 Å². The van der Waals surface area contributed by atoms with E-state index in [-0.39, 0.29) is 12.1 Å². The summed E-state index contributed by atoms with van der Waals surface area (Å²) < 4.78 is 18.4. The van der Waals surface area contributed by atoms with Gasteiger partial charge in [-0.25, -0.2) is 4.98 Å². The lowest BCUT2D eigenvalue weighted by Gasteiger charge is -2.27. The Hall–Kier alpha value is -4.10. The first kappa shape index (κ1) is 27.5. The molecule has 204 valence electrons. The number of allylic oxidation sites excluding steroid dienone is 1. The molecule has 0 spiro atoms. The maximum Gasteiger partial charge on any atom is 0.150 e. The van der Waals surface area contributed by atoms with Crippen molar-refractivity contribution in [3.8, 4) is 22.9 Å². The van der Waals surface area contributed by atoms with Crippen LogP contribution in [0.25, 0.3) is 27.7 Å². The summed E-state index contributed by atoms with van der Waals surface area (Å²) in [5, 5.41) is 10.8. The highest BCUT2D eigenvalue weighted by molar-refractivity contribution is 7.98. The lowest BCUT2D eigenvalue weighted by atomic mass is 10.0. The minimum Gasteiger partial charge on any atom is -0.484 e. The van der Waals surface area contributed by atoms with Gasteiger partial charge in [0.25, 0.3) is 0 Å². The largest absolute Gasteiger partial charge is 0.484 e. The van der Waals surface area contributed by atoms with E-state index in [0.29, 0.717) is 37.7 Å². The number of rotatable bonds is 8. The zero-order chi connectivity index (χ0) is 27.9. The van der Waals surface area contributed by atoms with Crippen molar-refractivity contribution in [1.29, 1.82) is 5.26 Å². The number of benzene rings is 2. The van der Waals surface area contributed by atoms with Crippen molar-refractivity contribution in [2.75, 3.05) is 26.4 Å². The summed E-state index contributed by atoms with van der Waals surface area (Å²) in [4.78, 5) is 10.5. The maximum atomic E-state index is 9.86. The van der Waals surface area contributed by atoms with E-state index in [4.69, 9.17) is 24.9 Å². The highest BCUT2D eigenvalue weighted by Gasteiger charge is 2.22. The lowest BCUT2D eigenvalue weighted by Crippen LogP contribution is -2.38. The Kier molecular flexibility index (Phi) is 8.81. The van der Waals surface area contributed by atoms with Gasteiger partial charge in [-0.15, -0.1) is 0 Å². The van der Waals surface area contributed by atoms with Gasteiger partial charge in [0.15, 0.2) is 5.65 Å². The molecular weight excluding hydrogens is 522 g/mol. The van der Waals surface area contributed by atoms with E-state index in [9.17, 15) is 5.26 Å². The van der Waals surface area contributed by atoms with Gasteiger partial charge >= 0.3 is 0 Å². The van der Waals surface area contributed by atoms with Crippen molar-refractivity contribution in [3.63, 3.8) is 0 Å². The van der Waals surface area contributed by atoms with Crippen LogP contribution in [0, 0.1) is 11.3 Å². The smallest absolute Gasteiger partial charge is 0.150 e. The number of fused-ring (bicyclic) bond motifs is 1. The van der Waals surface area contributed by atoms with Crippen LogP contribution in [0.3, 0.4) is 0 Å². The second kappa shape index (κ2) is 12.8. The number of hydrogen-bond donors (Lipinski definition) is 1. The van der Waals surface area contributed by atoms with E-state index >= 15 is 0 Å². The number of nitrogens with zero attached hydrogens (tertiary/aromatic N) is 4. The van der Waals surface area contributed by atoms with Gasteiger partial charge in [0, 0.05) is 51.8 Å². The van der Waals surface area contributed by atoms with Crippen molar-refractivity contribution >= 4 is 34.8 Å². The van der Waals surface area contributed by atoms with Crippen molar-refractivity contribution in [1.82, 2.24) is 8.96 Å². The molecule has 2 N–H and O–H groups in total. The third kappa shape index (κ3) is 5.89. The zero-order valence-electron chi connectivity index (χ0n) is 22.5. The Labute approximate surface area is 238 Å². The monoisotopic (exact) mass is 553 g/mol. The number of hydrogen-bond acceptors (Lipinski definition) is 8. The standard InChI is InChI=1S/C29H25N5O3S.C2H6/c30-10-20-8-19(6-7-28(20)37-24-17-36-18-24)27-14-34(38-25-4-2-1-3-5-25)29-26(27)9-21(12-33-29)22(11-31)13-32-23-15-35-16-23;1-2/h1-9,11-14,23-24H,15-18,31H2;1-2H3/b22-11+,32-13?;. The molecule has 2 aliphatic heterocycles. The molecule has 0 atom stereocenters. The fourth-order valence-electron chi connectivity index (χ4n) is 4.19. The fourth-order valence-corrected chi connectivity index (χ4v) is 5.09. The van der Waals surface area contributed by atoms with E-state index in [1.54, 1.807) is 24.4 Å². The van der Waals surface area contributed by atoms with E-state index in [2.05, 4.69) is 39.4 Å². The molecule has 6 rings (SSSR count). The minimum absolute atomic E-state index is 0.0153. The van der Waals surface area contributed by atoms with Gasteiger partial charge in [0.2, 0.25) is 0 Å². The summed E-state index contributed by atoms with van der Waals surface area (Å²) in [6, 6.07) is 20.4. The van der Waals surface area contributed by atoms with Gasteiger partial charge in [0.05, 0.1) is 38.0 Å². The molecule has 2 aromatic heterocycles. The summed E-state index contributed by atoms with van der Waals surface area (Å²) in [5.41, 5.74) is 10.8. The number of pyridine rings is 1. The molecule has 4 aromatic rings. The minimum atomic E-state index is -0.0153. The topological polar surface area (TPSA) is 108 Å². The van der Waals surface area contributed by atoms with Crippen LogP contribution in [0.4, 0.5) is 0 Å². The third-order valence-corrected chi connectivity index (χ3v) is 7.39. The average Bonchev–Trinajstić information content (AvgIpc) is 3.31. The van der Waals surface area contributed by atoms with Crippen LogP contribution in [0.1, 0.15) is 25.0 Å². The molecule has 2 saturated heterocycles. The Bertz CT molecular complexity index is 1570. The van der Waals surface area contributed by atoms with Gasteiger partial charge in [-0.2, -0.15) is 5.26 Å². The summed E-state index contributed by atoms with van der Waals surface area (Å²) in [6.07, 6.45) is 7.19. The molecule has 0 radical (unpaired) electrons. The molecule has 2 aliphatic rings. The summed E-state index contributed by atoms with van der Waals surface area (Å²) in [6.45, 7) is 6.34. The van der Waals surface area contributed by atoms with Crippen molar-refractivity contribution in [3.05, 3.63) is 84.3 Å². The van der Waals surface area contributed by atoms with E-state index < -0.39 is 0 Å². The first-order valence-electron chi connectivity index (χ1n) is 13.3. The van der Waals surface area contributed by atoms with Crippen LogP contribution in [0.15, 0.2) is 83.1 Å². The molecule has 40 heavy (non-hydrogen) atoms. The highest BCUT2D eigenvalue weighted by atomic mass is 32.2. The van der Waals surface area contributed by atoms with E-state index in [1.807, 2.05) is 56.4 Å². The molecule has 2 fully saturated rings. The molecule has 8 nitrogen and oxygen atoms in total. The molecule has 0 saturated carbocycles. The van der Waals surface area contributed by atoms with Crippen LogP contribution in [0.5, 0.6) is 5.75 Å². The predicted octanol–water partition coefficient (Wildman–Crippen LogP) is 5.70. The first-order valence-corrected chi connectivity index (χ1v) is 14.1. The molecule has 0 unspecified atom stereocenters. The van der Waals surface area contributed by atoms with Gasteiger partial charge in [0.1, 0.15) is 17.9 Å². The Morgan fingerprint density at radius 3 is 2.55 bits per heavy atom. The number of nitrogens with two attached hydrogens (primary N) is 1. The number of aromatic nitrogens is 2. The molecule has 9 heteroatoms. The molecule has 0 amide bonds. The van der Waals surface area contributed by atoms with Crippen LogP contribution in [-0.4, -0.2) is 53.7 Å². The zero-order valence-corrected chi connectivity index (χ0v) is 23.3. The number of aliphatic imine (C=N–C) groups is 1. The van der Waals surface area contributed by atoms with Gasteiger partial charge in [-0.1, -0.05) is 38.1 Å². The Morgan fingerprint density at radius 1 is 1.12 bits per heavy atom. The maximum absolute atomic E-state index is 9.86. The lowest BCUT2D eigenvalue weighted by molar-refractivity contribution is -0.0797. The van der Waals surface area contributed by atoms with Gasteiger partial charge in [-0.3, -0.25) is 8.96 Å². The molecule has 0 bridgehead atoms. The third-order valence-electron chi connectivity index (χ3n) is 6.43. The summed E-state index contributed by atoms with van der Waals surface area (Å²) in [5.74, 6) is 0.565. The molecule has 4 heterocycles. The Balaban J connectivity index is 0.00000158. The fraction of sp³-hybridized carbons (Fsp3) is 0.258. The highest BCUT2D eigenvalue weighted by Crippen LogP contribution is 2.37. The van der Waals surface area contributed by atoms with Crippen LogP contribution in [-0.2, 0) is 9.47 Å². The second-order valence-corrected chi connectivity index (χ2v) is 10.1.